The van der Waals surface area contributed by atoms with E-state index in [0.717, 1.165) is 13.1 Å². The summed E-state index contributed by atoms with van der Waals surface area (Å²) >= 11 is 0. The van der Waals surface area contributed by atoms with Crippen LogP contribution >= 0.6 is 0 Å². The van der Waals surface area contributed by atoms with Gasteiger partial charge in [-0.05, 0) is 39.8 Å². The van der Waals surface area contributed by atoms with Gasteiger partial charge >= 0.3 is 0 Å². The lowest BCUT2D eigenvalue weighted by molar-refractivity contribution is 0.477. The maximum atomic E-state index is 4.34. The zero-order valence-corrected chi connectivity index (χ0v) is 12.2. The second-order valence-corrected chi connectivity index (χ2v) is 5.33. The highest BCUT2D eigenvalue weighted by atomic mass is 15.3. The minimum atomic E-state index is 0.396. The SMILES string of the molecule is CC(C)n1nccc1CNCc1ccnn1C(C)C. The third-order valence-electron chi connectivity index (χ3n) is 3.10. The lowest BCUT2D eigenvalue weighted by Gasteiger charge is -2.13. The summed E-state index contributed by atoms with van der Waals surface area (Å²) in [6.45, 7) is 10.2. The Morgan fingerprint density at radius 2 is 1.32 bits per heavy atom. The molecule has 0 aliphatic carbocycles. The van der Waals surface area contributed by atoms with Crippen LogP contribution in [0, 0.1) is 0 Å². The maximum absolute atomic E-state index is 4.34. The molecule has 0 saturated heterocycles. The van der Waals surface area contributed by atoms with E-state index in [1.165, 1.54) is 11.4 Å². The van der Waals surface area contributed by atoms with Crippen molar-refractivity contribution in [2.45, 2.75) is 52.9 Å². The van der Waals surface area contributed by atoms with E-state index in [1.807, 2.05) is 21.8 Å². The molecule has 0 amide bonds. The van der Waals surface area contributed by atoms with E-state index in [1.54, 1.807) is 0 Å². The molecule has 0 fully saturated rings. The predicted octanol–water partition coefficient (Wildman–Crippen LogP) is 2.53. The standard InChI is InChI=1S/C14H23N5/c1-11(2)18-13(5-7-16-18)9-15-10-14-6-8-17-19(14)12(3)4/h5-8,11-12,15H,9-10H2,1-4H3. The molecule has 19 heavy (non-hydrogen) atoms. The van der Waals surface area contributed by atoms with Crippen molar-refractivity contribution in [3.63, 3.8) is 0 Å². The second kappa shape index (κ2) is 6.02. The molecule has 0 aliphatic heterocycles. The summed E-state index contributed by atoms with van der Waals surface area (Å²) in [5, 5.41) is 12.1. The highest BCUT2D eigenvalue weighted by molar-refractivity contribution is 5.04. The summed E-state index contributed by atoms with van der Waals surface area (Å²) in [4.78, 5) is 0. The molecular formula is C14H23N5. The van der Waals surface area contributed by atoms with Gasteiger partial charge in [-0.3, -0.25) is 9.36 Å². The van der Waals surface area contributed by atoms with Crippen molar-refractivity contribution >= 4 is 0 Å². The molecule has 2 rings (SSSR count). The van der Waals surface area contributed by atoms with Crippen LogP contribution in [0.4, 0.5) is 0 Å². The van der Waals surface area contributed by atoms with Gasteiger partial charge in [0.15, 0.2) is 0 Å². The second-order valence-electron chi connectivity index (χ2n) is 5.33. The van der Waals surface area contributed by atoms with Crippen LogP contribution in [0.1, 0.15) is 51.2 Å². The lowest BCUT2D eigenvalue weighted by atomic mass is 10.3. The molecule has 0 spiro atoms. The van der Waals surface area contributed by atoms with E-state index in [4.69, 9.17) is 0 Å². The molecule has 0 aromatic carbocycles. The first-order chi connectivity index (χ1) is 9.09. The van der Waals surface area contributed by atoms with Gasteiger partial charge in [-0.25, -0.2) is 0 Å². The molecule has 0 saturated carbocycles. The lowest BCUT2D eigenvalue weighted by Crippen LogP contribution is -2.20. The summed E-state index contributed by atoms with van der Waals surface area (Å²) in [6.07, 6.45) is 3.71. The van der Waals surface area contributed by atoms with Gasteiger partial charge in [-0.2, -0.15) is 10.2 Å². The zero-order valence-electron chi connectivity index (χ0n) is 12.2. The van der Waals surface area contributed by atoms with Crippen molar-refractivity contribution in [1.29, 1.82) is 0 Å². The van der Waals surface area contributed by atoms with Crippen LogP contribution in [-0.4, -0.2) is 19.6 Å². The van der Waals surface area contributed by atoms with Crippen molar-refractivity contribution in [2.24, 2.45) is 0 Å². The van der Waals surface area contributed by atoms with Crippen molar-refractivity contribution < 1.29 is 0 Å². The van der Waals surface area contributed by atoms with Crippen molar-refractivity contribution in [3.05, 3.63) is 35.9 Å². The van der Waals surface area contributed by atoms with E-state index in [9.17, 15) is 0 Å². The molecule has 0 atom stereocenters. The van der Waals surface area contributed by atoms with Crippen LogP contribution in [0.25, 0.3) is 0 Å². The summed E-state index contributed by atoms with van der Waals surface area (Å²) in [7, 11) is 0. The molecule has 0 aliphatic rings. The largest absolute Gasteiger partial charge is 0.306 e. The monoisotopic (exact) mass is 261 g/mol. The molecule has 2 aromatic heterocycles. The zero-order chi connectivity index (χ0) is 13.8. The van der Waals surface area contributed by atoms with Crippen LogP contribution in [-0.2, 0) is 13.1 Å². The Bertz CT molecular complexity index is 463. The number of hydrogen-bond acceptors (Lipinski definition) is 3. The Morgan fingerprint density at radius 1 is 0.895 bits per heavy atom. The van der Waals surface area contributed by atoms with Gasteiger partial charge in [0.2, 0.25) is 0 Å². The number of hydrogen-bond donors (Lipinski definition) is 1. The third kappa shape index (κ3) is 3.23. The molecule has 104 valence electrons. The maximum Gasteiger partial charge on any atom is 0.0525 e. The van der Waals surface area contributed by atoms with Crippen LogP contribution in [0.5, 0.6) is 0 Å². The van der Waals surface area contributed by atoms with Gasteiger partial charge in [0.25, 0.3) is 0 Å². The Labute approximate surface area is 114 Å². The highest BCUT2D eigenvalue weighted by Gasteiger charge is 2.07. The number of nitrogens with one attached hydrogen (secondary N) is 1. The van der Waals surface area contributed by atoms with E-state index < -0.39 is 0 Å². The molecule has 5 heteroatoms. The normalized spacial score (nSPS) is 11.7. The van der Waals surface area contributed by atoms with E-state index in [0.29, 0.717) is 12.1 Å². The molecule has 0 unspecified atom stereocenters. The Hall–Kier alpha value is -1.62. The van der Waals surface area contributed by atoms with Gasteiger partial charge in [-0.15, -0.1) is 0 Å². The van der Waals surface area contributed by atoms with Crippen LogP contribution in [0.2, 0.25) is 0 Å². The number of nitrogens with zero attached hydrogens (tertiary/aromatic N) is 4. The fraction of sp³-hybridized carbons (Fsp3) is 0.571. The molecule has 2 heterocycles. The van der Waals surface area contributed by atoms with Crippen LogP contribution < -0.4 is 5.32 Å². The van der Waals surface area contributed by atoms with Gasteiger partial charge < -0.3 is 5.32 Å². The van der Waals surface area contributed by atoms with E-state index >= 15 is 0 Å². The Balaban J connectivity index is 1.93. The van der Waals surface area contributed by atoms with Crippen LogP contribution in [0.3, 0.4) is 0 Å². The van der Waals surface area contributed by atoms with Crippen molar-refractivity contribution in [2.75, 3.05) is 0 Å². The molecule has 0 radical (unpaired) electrons. The van der Waals surface area contributed by atoms with Gasteiger partial charge in [-0.1, -0.05) is 0 Å². The Kier molecular flexibility index (Phi) is 4.37. The molecule has 5 nitrogen and oxygen atoms in total. The first kappa shape index (κ1) is 13.8. The predicted molar refractivity (Wildman–Crippen MR) is 75.8 cm³/mol. The topological polar surface area (TPSA) is 47.7 Å². The number of aromatic nitrogens is 4. The third-order valence-corrected chi connectivity index (χ3v) is 3.10. The summed E-state index contributed by atoms with van der Waals surface area (Å²) in [6, 6.07) is 4.92. The highest BCUT2D eigenvalue weighted by Crippen LogP contribution is 2.09. The minimum Gasteiger partial charge on any atom is -0.306 e. The Morgan fingerprint density at radius 3 is 1.68 bits per heavy atom. The smallest absolute Gasteiger partial charge is 0.0525 e. The molecule has 2 aromatic rings. The summed E-state index contributed by atoms with van der Waals surface area (Å²) in [5.74, 6) is 0. The van der Waals surface area contributed by atoms with Crippen molar-refractivity contribution in [1.82, 2.24) is 24.9 Å². The fourth-order valence-corrected chi connectivity index (χ4v) is 2.21. The average Bonchev–Trinajstić information content (AvgIpc) is 2.96. The summed E-state index contributed by atoms with van der Waals surface area (Å²) in [5.41, 5.74) is 2.43. The minimum absolute atomic E-state index is 0.396. The fourth-order valence-electron chi connectivity index (χ4n) is 2.21. The van der Waals surface area contributed by atoms with E-state index in [2.05, 4.69) is 55.3 Å². The van der Waals surface area contributed by atoms with E-state index in [-0.39, 0.29) is 0 Å². The number of rotatable bonds is 6. The van der Waals surface area contributed by atoms with Crippen molar-refractivity contribution in [3.8, 4) is 0 Å². The van der Waals surface area contributed by atoms with Gasteiger partial charge in [0.05, 0.1) is 11.4 Å². The summed E-state index contributed by atoms with van der Waals surface area (Å²) < 4.78 is 4.10. The molecule has 0 bridgehead atoms. The quantitative estimate of drug-likeness (QED) is 0.869. The van der Waals surface area contributed by atoms with Gasteiger partial charge in [0, 0.05) is 37.6 Å². The van der Waals surface area contributed by atoms with Gasteiger partial charge in [0.1, 0.15) is 0 Å². The first-order valence-corrected chi connectivity index (χ1v) is 6.85. The molecule has 1 N–H and O–H groups in total. The average molecular weight is 261 g/mol. The molecular weight excluding hydrogens is 238 g/mol. The van der Waals surface area contributed by atoms with Crippen LogP contribution in [0.15, 0.2) is 24.5 Å². The first-order valence-electron chi connectivity index (χ1n) is 6.85.